The quantitative estimate of drug-likeness (QED) is 0.844. The molecule has 1 atom stereocenters. The van der Waals surface area contributed by atoms with Crippen molar-refractivity contribution in [1.82, 2.24) is 30.1 Å². The number of aromatic nitrogens is 5. The molecule has 1 aliphatic rings. The highest BCUT2D eigenvalue weighted by Gasteiger charge is 2.39. The molecule has 7 nitrogen and oxygen atoms in total. The Morgan fingerprint density at radius 1 is 1.42 bits per heavy atom. The van der Waals surface area contributed by atoms with Crippen LogP contribution in [0.4, 0.5) is 13.2 Å². The molecule has 2 aromatic rings. The summed E-state index contributed by atoms with van der Waals surface area (Å²) in [5.74, 6) is -0.692. The van der Waals surface area contributed by atoms with Gasteiger partial charge in [0.15, 0.2) is 0 Å². The molecule has 0 spiro atoms. The van der Waals surface area contributed by atoms with Crippen LogP contribution in [0.3, 0.4) is 0 Å². The van der Waals surface area contributed by atoms with E-state index < -0.39 is 24.7 Å². The maximum Gasteiger partial charge on any atom is 0.406 e. The first kappa shape index (κ1) is 16.3. The van der Waals surface area contributed by atoms with Gasteiger partial charge in [0.05, 0.1) is 11.7 Å². The van der Waals surface area contributed by atoms with Crippen molar-refractivity contribution >= 4 is 5.91 Å². The molecule has 10 heteroatoms. The van der Waals surface area contributed by atoms with Crippen LogP contribution in [0.2, 0.25) is 0 Å². The van der Waals surface area contributed by atoms with E-state index in [0.717, 1.165) is 21.6 Å². The predicted molar refractivity (Wildman–Crippen MR) is 75.5 cm³/mol. The van der Waals surface area contributed by atoms with Crippen molar-refractivity contribution in [3.63, 3.8) is 0 Å². The van der Waals surface area contributed by atoms with Crippen LogP contribution in [0.5, 0.6) is 0 Å². The number of halogens is 3. The second kappa shape index (κ2) is 6.54. The van der Waals surface area contributed by atoms with Gasteiger partial charge in [0.2, 0.25) is 5.91 Å². The summed E-state index contributed by atoms with van der Waals surface area (Å²) < 4.78 is 40.1. The van der Waals surface area contributed by atoms with Crippen molar-refractivity contribution < 1.29 is 18.0 Å². The topological polar surface area (TPSA) is 76.8 Å². The number of hydrogen-bond acceptors (Lipinski definition) is 5. The van der Waals surface area contributed by atoms with Crippen LogP contribution >= 0.6 is 0 Å². The van der Waals surface area contributed by atoms with Gasteiger partial charge >= 0.3 is 6.18 Å². The third kappa shape index (κ3) is 3.69. The lowest BCUT2D eigenvalue weighted by molar-refractivity contribution is -0.167. The van der Waals surface area contributed by atoms with Crippen LogP contribution < -0.4 is 0 Å². The molecule has 1 amide bonds. The van der Waals surface area contributed by atoms with Crippen molar-refractivity contribution in [2.45, 2.75) is 38.0 Å². The number of rotatable bonds is 4. The van der Waals surface area contributed by atoms with Crippen LogP contribution in [0.15, 0.2) is 24.7 Å². The predicted octanol–water partition coefficient (Wildman–Crippen LogP) is 1.54. The Morgan fingerprint density at radius 2 is 2.25 bits per heavy atom. The van der Waals surface area contributed by atoms with E-state index in [1.807, 2.05) is 6.07 Å². The van der Waals surface area contributed by atoms with Gasteiger partial charge in [-0.1, -0.05) is 6.07 Å². The van der Waals surface area contributed by atoms with Crippen molar-refractivity contribution in [2.75, 3.05) is 6.54 Å². The molecule has 0 aliphatic heterocycles. The standard InChI is InChI=1S/C14H15F3N6O/c15-14(16,17)8-23(12(24)7-22-9-19-20-21-22)11-5-1-3-10-4-2-6-18-13(10)11/h2,4,6,9,11H,1,3,5,7-8H2. The van der Waals surface area contributed by atoms with E-state index in [-0.39, 0.29) is 6.54 Å². The number of carbonyl (C=O) groups is 1. The summed E-state index contributed by atoms with van der Waals surface area (Å²) >= 11 is 0. The Morgan fingerprint density at radius 3 is 2.96 bits per heavy atom. The number of carbonyl (C=O) groups excluding carboxylic acids is 1. The van der Waals surface area contributed by atoms with E-state index in [0.29, 0.717) is 18.5 Å². The molecule has 128 valence electrons. The molecule has 0 aromatic carbocycles. The zero-order valence-electron chi connectivity index (χ0n) is 12.6. The largest absolute Gasteiger partial charge is 0.406 e. The monoisotopic (exact) mass is 340 g/mol. The van der Waals surface area contributed by atoms with Crippen LogP contribution in [0, 0.1) is 0 Å². The number of alkyl halides is 3. The molecular formula is C14H15F3N6O. The van der Waals surface area contributed by atoms with Gasteiger partial charge in [-0.15, -0.1) is 5.10 Å². The normalized spacial score (nSPS) is 17.4. The minimum absolute atomic E-state index is 0.345. The van der Waals surface area contributed by atoms with E-state index in [2.05, 4.69) is 20.5 Å². The molecule has 0 bridgehead atoms. The Labute approximate surface area is 135 Å². The van der Waals surface area contributed by atoms with Gasteiger partial charge in [0.1, 0.15) is 19.4 Å². The van der Waals surface area contributed by atoms with Gasteiger partial charge in [0.25, 0.3) is 0 Å². The first-order valence-electron chi connectivity index (χ1n) is 7.45. The van der Waals surface area contributed by atoms with E-state index in [4.69, 9.17) is 0 Å². The van der Waals surface area contributed by atoms with Gasteiger partial charge in [-0.2, -0.15) is 13.2 Å². The minimum atomic E-state index is -4.50. The van der Waals surface area contributed by atoms with Crippen molar-refractivity contribution in [3.8, 4) is 0 Å². The minimum Gasteiger partial charge on any atom is -0.323 e. The third-order valence-electron chi connectivity index (χ3n) is 3.90. The fourth-order valence-corrected chi connectivity index (χ4v) is 2.94. The van der Waals surface area contributed by atoms with E-state index in [9.17, 15) is 18.0 Å². The van der Waals surface area contributed by atoms with Gasteiger partial charge in [-0.25, -0.2) is 4.68 Å². The second-order valence-electron chi connectivity index (χ2n) is 5.60. The third-order valence-corrected chi connectivity index (χ3v) is 3.90. The number of amides is 1. The molecular weight excluding hydrogens is 325 g/mol. The molecule has 3 rings (SSSR count). The Balaban J connectivity index is 1.89. The molecule has 0 radical (unpaired) electrons. The zero-order valence-corrected chi connectivity index (χ0v) is 12.6. The van der Waals surface area contributed by atoms with Crippen LogP contribution in [0.1, 0.15) is 30.1 Å². The molecule has 1 unspecified atom stereocenters. The summed E-state index contributed by atoms with van der Waals surface area (Å²) in [5.41, 5.74) is 1.43. The number of fused-ring (bicyclic) bond motifs is 1. The maximum atomic E-state index is 13.0. The number of hydrogen-bond donors (Lipinski definition) is 0. The first-order chi connectivity index (χ1) is 11.4. The highest BCUT2D eigenvalue weighted by Crippen LogP contribution is 2.34. The summed E-state index contributed by atoms with van der Waals surface area (Å²) in [6.45, 7) is -1.67. The number of tetrazole rings is 1. The molecule has 24 heavy (non-hydrogen) atoms. The molecule has 1 aliphatic carbocycles. The second-order valence-corrected chi connectivity index (χ2v) is 5.60. The lowest BCUT2D eigenvalue weighted by Gasteiger charge is -2.35. The molecule has 0 saturated heterocycles. The van der Waals surface area contributed by atoms with Crippen LogP contribution in [-0.4, -0.2) is 48.7 Å². The van der Waals surface area contributed by atoms with Gasteiger partial charge in [-0.05, 0) is 41.3 Å². The Hall–Kier alpha value is -2.52. The fourth-order valence-electron chi connectivity index (χ4n) is 2.94. The lowest BCUT2D eigenvalue weighted by atomic mass is 9.90. The summed E-state index contributed by atoms with van der Waals surface area (Å²) in [4.78, 5) is 17.5. The summed E-state index contributed by atoms with van der Waals surface area (Å²) in [6.07, 6.45) is 0.131. The number of pyridine rings is 1. The number of aryl methyl sites for hydroxylation is 1. The summed E-state index contributed by atoms with van der Waals surface area (Å²) in [6, 6.07) is 2.89. The van der Waals surface area contributed by atoms with E-state index in [1.165, 1.54) is 12.5 Å². The average molecular weight is 340 g/mol. The maximum absolute atomic E-state index is 13.0. The molecule has 2 heterocycles. The average Bonchev–Trinajstić information content (AvgIpc) is 3.04. The highest BCUT2D eigenvalue weighted by molar-refractivity contribution is 5.76. The molecule has 0 N–H and O–H groups in total. The van der Waals surface area contributed by atoms with Crippen molar-refractivity contribution in [2.24, 2.45) is 0 Å². The van der Waals surface area contributed by atoms with Gasteiger partial charge in [0, 0.05) is 6.20 Å². The zero-order chi connectivity index (χ0) is 17.2. The molecule has 2 aromatic heterocycles. The number of nitrogens with zero attached hydrogens (tertiary/aromatic N) is 6. The Kier molecular flexibility index (Phi) is 4.45. The smallest absolute Gasteiger partial charge is 0.323 e. The highest BCUT2D eigenvalue weighted by atomic mass is 19.4. The Bertz CT molecular complexity index is 703. The van der Waals surface area contributed by atoms with Gasteiger partial charge in [-0.3, -0.25) is 9.78 Å². The SMILES string of the molecule is O=C(Cn1cnnn1)N(CC(F)(F)F)C1CCCc2cccnc21. The summed E-state index contributed by atoms with van der Waals surface area (Å²) in [7, 11) is 0. The van der Waals surface area contributed by atoms with Crippen molar-refractivity contribution in [1.29, 1.82) is 0 Å². The van der Waals surface area contributed by atoms with E-state index >= 15 is 0 Å². The van der Waals surface area contributed by atoms with E-state index in [1.54, 1.807) is 6.07 Å². The lowest BCUT2D eigenvalue weighted by Crippen LogP contribution is -2.44. The first-order valence-corrected chi connectivity index (χ1v) is 7.45. The van der Waals surface area contributed by atoms with Crippen molar-refractivity contribution in [3.05, 3.63) is 35.9 Å². The fraction of sp³-hybridized carbons (Fsp3) is 0.500. The summed E-state index contributed by atoms with van der Waals surface area (Å²) in [5, 5.41) is 10.3. The van der Waals surface area contributed by atoms with Crippen LogP contribution in [-0.2, 0) is 17.8 Å². The molecule has 0 fully saturated rings. The van der Waals surface area contributed by atoms with Gasteiger partial charge < -0.3 is 4.90 Å². The molecule has 0 saturated carbocycles. The van der Waals surface area contributed by atoms with Crippen LogP contribution in [0.25, 0.3) is 0 Å².